The summed E-state index contributed by atoms with van der Waals surface area (Å²) in [5, 5.41) is 3.82. The Morgan fingerprint density at radius 3 is 2.68 bits per heavy atom. The van der Waals surface area contributed by atoms with Crippen molar-refractivity contribution >= 4 is 37.3 Å². The van der Waals surface area contributed by atoms with Gasteiger partial charge in [0.05, 0.1) is 20.5 Å². The number of nitrogens with zero attached hydrogens (tertiary/aromatic N) is 1. The molecular weight excluding hydrogens is 432 g/mol. The molecule has 2 heterocycles. The number of hydrogen-bond donors (Lipinski definition) is 1. The normalized spacial score (nSPS) is 27.8. The average molecular weight is 457 g/mol. The van der Waals surface area contributed by atoms with Crippen LogP contribution in [-0.2, 0) is 9.84 Å². The summed E-state index contributed by atoms with van der Waals surface area (Å²) < 4.78 is 31.1. The standard InChI is InChI=1S/C23H24N2O4S2/c1-13-2-6-19-17(8-13)25-22(30-19)14-9-23(10-14)11-15(12-23)24-21(26)18-5-7-20(29-18)31(27,28)16-3-4-16/h2,5-8,14-16H,3-4,9-12H2,1H3,(H,24,26). The van der Waals surface area contributed by atoms with E-state index in [2.05, 4.69) is 30.4 Å². The van der Waals surface area contributed by atoms with E-state index in [1.165, 1.54) is 27.4 Å². The highest BCUT2D eigenvalue weighted by atomic mass is 32.2. The van der Waals surface area contributed by atoms with Crippen molar-refractivity contribution in [2.24, 2.45) is 5.41 Å². The third-order valence-electron chi connectivity index (χ3n) is 7.01. The molecule has 6 nitrogen and oxygen atoms in total. The molecule has 1 aromatic carbocycles. The largest absolute Gasteiger partial charge is 0.440 e. The monoisotopic (exact) mass is 456 g/mol. The van der Waals surface area contributed by atoms with Crippen LogP contribution in [0.4, 0.5) is 0 Å². The molecule has 31 heavy (non-hydrogen) atoms. The highest BCUT2D eigenvalue weighted by molar-refractivity contribution is 7.92. The van der Waals surface area contributed by atoms with E-state index < -0.39 is 9.84 Å². The highest BCUT2D eigenvalue weighted by Crippen LogP contribution is 2.62. The number of benzene rings is 1. The summed E-state index contributed by atoms with van der Waals surface area (Å²) in [4.78, 5) is 17.3. The first-order valence-corrected chi connectivity index (χ1v) is 13.2. The molecule has 162 valence electrons. The second kappa shape index (κ2) is 6.65. The molecule has 2 aromatic heterocycles. The van der Waals surface area contributed by atoms with Crippen molar-refractivity contribution in [1.29, 1.82) is 0 Å². The molecular formula is C23H24N2O4S2. The number of sulfone groups is 1. The van der Waals surface area contributed by atoms with Gasteiger partial charge in [0.1, 0.15) is 0 Å². The van der Waals surface area contributed by atoms with E-state index in [9.17, 15) is 13.2 Å². The maximum absolute atomic E-state index is 12.5. The SMILES string of the molecule is Cc1ccc2sc(C3CC4(CC(NC(=O)c5ccc(S(=O)(=O)C6CC6)o5)C4)C3)nc2c1. The molecule has 0 unspecified atom stereocenters. The van der Waals surface area contributed by atoms with E-state index in [4.69, 9.17) is 9.40 Å². The molecule has 8 heteroatoms. The molecule has 0 aliphatic heterocycles. The predicted molar refractivity (Wildman–Crippen MR) is 118 cm³/mol. The van der Waals surface area contributed by atoms with Crippen LogP contribution in [0.2, 0.25) is 0 Å². The van der Waals surface area contributed by atoms with Crippen LogP contribution in [0.25, 0.3) is 10.2 Å². The van der Waals surface area contributed by atoms with Gasteiger partial charge in [0, 0.05) is 12.0 Å². The summed E-state index contributed by atoms with van der Waals surface area (Å²) >= 11 is 1.80. The quantitative estimate of drug-likeness (QED) is 0.607. The lowest BCUT2D eigenvalue weighted by Crippen LogP contribution is -2.55. The third-order valence-corrected chi connectivity index (χ3v) is 10.3. The Bertz CT molecular complexity index is 1290. The van der Waals surface area contributed by atoms with Crippen molar-refractivity contribution in [3.8, 4) is 0 Å². The third kappa shape index (κ3) is 3.31. The molecule has 0 bridgehead atoms. The lowest BCUT2D eigenvalue weighted by molar-refractivity contribution is -0.0190. The zero-order chi connectivity index (χ0) is 21.4. The van der Waals surface area contributed by atoms with Gasteiger partial charge in [-0.25, -0.2) is 13.4 Å². The molecule has 6 rings (SSSR count). The zero-order valence-electron chi connectivity index (χ0n) is 17.3. The van der Waals surface area contributed by atoms with Crippen LogP contribution in [0.5, 0.6) is 0 Å². The van der Waals surface area contributed by atoms with Crippen molar-refractivity contribution in [2.45, 2.75) is 67.8 Å². The Labute approximate surface area is 185 Å². The van der Waals surface area contributed by atoms with Crippen molar-refractivity contribution in [1.82, 2.24) is 10.3 Å². The van der Waals surface area contributed by atoms with Crippen LogP contribution in [0.3, 0.4) is 0 Å². The molecule has 3 fully saturated rings. The van der Waals surface area contributed by atoms with E-state index in [-0.39, 0.29) is 28.1 Å². The van der Waals surface area contributed by atoms with Gasteiger partial charge in [0.25, 0.3) is 5.91 Å². The number of nitrogens with one attached hydrogen (secondary N) is 1. The van der Waals surface area contributed by atoms with Gasteiger partial charge in [-0.3, -0.25) is 4.79 Å². The van der Waals surface area contributed by atoms with E-state index >= 15 is 0 Å². The van der Waals surface area contributed by atoms with Crippen LogP contribution in [-0.4, -0.2) is 30.6 Å². The van der Waals surface area contributed by atoms with Crippen molar-refractivity contribution in [2.75, 3.05) is 0 Å². The summed E-state index contributed by atoms with van der Waals surface area (Å²) in [5.41, 5.74) is 2.65. The number of aryl methyl sites for hydroxylation is 1. The molecule has 1 amide bonds. The van der Waals surface area contributed by atoms with Gasteiger partial charge >= 0.3 is 0 Å². The van der Waals surface area contributed by atoms with Crippen LogP contribution in [0.15, 0.2) is 39.8 Å². The smallest absolute Gasteiger partial charge is 0.287 e. The number of aromatic nitrogens is 1. The molecule has 0 radical (unpaired) electrons. The lowest BCUT2D eigenvalue weighted by atomic mass is 9.50. The molecule has 1 spiro atoms. The molecule has 1 N–H and O–H groups in total. The second-order valence-electron chi connectivity index (χ2n) is 9.57. The molecule has 0 saturated heterocycles. The number of carbonyl (C=O) groups excluding carboxylic acids is 1. The summed E-state index contributed by atoms with van der Waals surface area (Å²) in [7, 11) is -3.41. The van der Waals surface area contributed by atoms with E-state index in [0.29, 0.717) is 24.2 Å². The number of fused-ring (bicyclic) bond motifs is 1. The number of amides is 1. The Morgan fingerprint density at radius 2 is 1.94 bits per heavy atom. The summed E-state index contributed by atoms with van der Waals surface area (Å²) in [6.07, 6.45) is 5.53. The van der Waals surface area contributed by atoms with Crippen molar-refractivity contribution in [3.63, 3.8) is 0 Å². The van der Waals surface area contributed by atoms with Crippen LogP contribution in [0, 0.1) is 12.3 Å². The molecule has 3 aromatic rings. The fourth-order valence-corrected chi connectivity index (χ4v) is 7.80. The average Bonchev–Trinajstić information content (AvgIpc) is 3.27. The Balaban J connectivity index is 1.04. The maximum atomic E-state index is 12.5. The van der Waals surface area contributed by atoms with Crippen molar-refractivity contribution < 1.29 is 17.6 Å². The first-order chi connectivity index (χ1) is 14.8. The lowest BCUT2D eigenvalue weighted by Gasteiger charge is -2.57. The Morgan fingerprint density at radius 1 is 1.16 bits per heavy atom. The second-order valence-corrected chi connectivity index (χ2v) is 12.8. The number of hydrogen-bond acceptors (Lipinski definition) is 6. The maximum Gasteiger partial charge on any atom is 0.287 e. The van der Waals surface area contributed by atoms with Gasteiger partial charge in [0.2, 0.25) is 14.9 Å². The minimum atomic E-state index is -3.41. The van der Waals surface area contributed by atoms with Crippen LogP contribution >= 0.6 is 11.3 Å². The number of rotatable bonds is 5. The summed E-state index contributed by atoms with van der Waals surface area (Å²) in [6, 6.07) is 9.43. The molecule has 3 aliphatic rings. The minimum absolute atomic E-state index is 0.0800. The Hall–Kier alpha value is -2.19. The summed E-state index contributed by atoms with van der Waals surface area (Å²) in [5.74, 6) is 0.278. The van der Waals surface area contributed by atoms with Gasteiger partial charge in [-0.2, -0.15) is 0 Å². The van der Waals surface area contributed by atoms with Crippen LogP contribution in [0.1, 0.15) is 65.6 Å². The fraction of sp³-hybridized carbons (Fsp3) is 0.478. The summed E-state index contributed by atoms with van der Waals surface area (Å²) in [6.45, 7) is 2.09. The van der Waals surface area contributed by atoms with E-state index in [1.807, 2.05) is 0 Å². The first-order valence-electron chi connectivity index (χ1n) is 10.8. The van der Waals surface area contributed by atoms with Gasteiger partial charge in [-0.15, -0.1) is 11.3 Å². The van der Waals surface area contributed by atoms with Gasteiger partial charge in [-0.1, -0.05) is 6.07 Å². The topological polar surface area (TPSA) is 89.3 Å². The predicted octanol–water partition coefficient (Wildman–Crippen LogP) is 4.59. The van der Waals surface area contributed by atoms with Gasteiger partial charge < -0.3 is 9.73 Å². The number of furan rings is 1. The minimum Gasteiger partial charge on any atom is -0.440 e. The van der Waals surface area contributed by atoms with Crippen molar-refractivity contribution in [3.05, 3.63) is 46.7 Å². The van der Waals surface area contributed by atoms with E-state index in [0.717, 1.165) is 31.2 Å². The van der Waals surface area contributed by atoms with Gasteiger partial charge in [0.15, 0.2) is 5.76 Å². The molecule has 3 saturated carbocycles. The first kappa shape index (κ1) is 19.5. The number of thiazole rings is 1. The fourth-order valence-electron chi connectivity index (χ4n) is 5.21. The van der Waals surface area contributed by atoms with Crippen LogP contribution < -0.4 is 5.32 Å². The van der Waals surface area contributed by atoms with Gasteiger partial charge in [-0.05, 0) is 80.7 Å². The van der Waals surface area contributed by atoms with E-state index in [1.54, 1.807) is 11.3 Å². The zero-order valence-corrected chi connectivity index (χ0v) is 18.9. The molecule has 0 atom stereocenters. The highest BCUT2D eigenvalue weighted by Gasteiger charge is 2.54. The molecule has 3 aliphatic carbocycles. The Kier molecular flexibility index (Phi) is 4.18. The number of carbonyl (C=O) groups is 1.